The van der Waals surface area contributed by atoms with E-state index in [1.54, 1.807) is 26.1 Å². The largest absolute Gasteiger partial charge is 0.245 e. The Hall–Kier alpha value is -0.950. The Kier molecular flexibility index (Phi) is 5.03. The zero-order chi connectivity index (χ0) is 15.6. The molecule has 2 aromatic rings. The quantitative estimate of drug-likeness (QED) is 0.782. The zero-order valence-corrected chi connectivity index (χ0v) is 14.5. The first kappa shape index (κ1) is 16.4. The van der Waals surface area contributed by atoms with Crippen molar-refractivity contribution in [3.63, 3.8) is 0 Å². The van der Waals surface area contributed by atoms with E-state index in [0.717, 1.165) is 16.3 Å². The molecule has 0 aliphatic carbocycles. The molecule has 0 radical (unpaired) electrons. The zero-order valence-electron chi connectivity index (χ0n) is 12.1. The third-order valence-corrected chi connectivity index (χ3v) is 6.34. The van der Waals surface area contributed by atoms with Gasteiger partial charge < -0.3 is 0 Å². The molecule has 0 saturated carbocycles. The molecular formula is C14H17ClN2O2S2. The lowest BCUT2D eigenvalue weighted by Gasteiger charge is -2.18. The Morgan fingerprint density at radius 2 is 2.05 bits per heavy atom. The van der Waals surface area contributed by atoms with Crippen LogP contribution in [0.15, 0.2) is 28.5 Å². The highest BCUT2D eigenvalue weighted by Crippen LogP contribution is 2.24. The highest BCUT2D eigenvalue weighted by Gasteiger charge is 2.24. The Balaban J connectivity index is 2.33. The molecule has 0 aliphatic heterocycles. The van der Waals surface area contributed by atoms with Gasteiger partial charge in [-0.15, -0.1) is 22.9 Å². The Labute approximate surface area is 134 Å². The van der Waals surface area contributed by atoms with Gasteiger partial charge in [0.1, 0.15) is 0 Å². The van der Waals surface area contributed by atoms with E-state index in [1.165, 1.54) is 15.6 Å². The predicted octanol–water partition coefficient (Wildman–Crippen LogP) is 3.32. The normalized spacial score (nSPS) is 12.0. The number of halogens is 1. The van der Waals surface area contributed by atoms with Crippen LogP contribution in [0.25, 0.3) is 0 Å². The minimum Gasteiger partial charge on any atom is -0.245 e. The van der Waals surface area contributed by atoms with Gasteiger partial charge in [-0.05, 0) is 31.0 Å². The van der Waals surface area contributed by atoms with Crippen molar-refractivity contribution in [2.24, 2.45) is 0 Å². The second-order valence-corrected chi connectivity index (χ2v) is 8.14. The van der Waals surface area contributed by atoms with E-state index in [-0.39, 0.29) is 6.54 Å². The number of nitrogens with zero attached hydrogens (tertiary/aromatic N) is 2. The molecule has 7 heteroatoms. The van der Waals surface area contributed by atoms with Gasteiger partial charge in [-0.1, -0.05) is 12.1 Å². The van der Waals surface area contributed by atoms with Crippen molar-refractivity contribution in [3.8, 4) is 0 Å². The maximum absolute atomic E-state index is 12.7. The molecule has 1 aromatic carbocycles. The van der Waals surface area contributed by atoms with Crippen LogP contribution < -0.4 is 0 Å². The number of aryl methyl sites for hydroxylation is 1. The minimum absolute atomic E-state index is 0.261. The Morgan fingerprint density at radius 1 is 1.33 bits per heavy atom. The molecule has 0 spiro atoms. The van der Waals surface area contributed by atoms with Crippen molar-refractivity contribution in [3.05, 3.63) is 45.4 Å². The fourth-order valence-electron chi connectivity index (χ4n) is 2.05. The number of sulfonamides is 1. The minimum atomic E-state index is -3.55. The van der Waals surface area contributed by atoms with Gasteiger partial charge in [0, 0.05) is 18.3 Å². The van der Waals surface area contributed by atoms with Gasteiger partial charge >= 0.3 is 0 Å². The van der Waals surface area contributed by atoms with Crippen LogP contribution in [0, 0.1) is 13.8 Å². The van der Waals surface area contributed by atoms with Gasteiger partial charge in [-0.3, -0.25) is 0 Å². The second kappa shape index (κ2) is 6.44. The molecule has 0 aliphatic rings. The summed E-state index contributed by atoms with van der Waals surface area (Å²) in [5.74, 6) is 0.296. The maximum Gasteiger partial charge on any atom is 0.243 e. The summed E-state index contributed by atoms with van der Waals surface area (Å²) in [7, 11) is -1.99. The fraction of sp³-hybridized carbons (Fsp3) is 0.357. The number of rotatable bonds is 5. The SMILES string of the molecule is Cc1nc(CN(C)S(=O)(=O)c2cccc(CCl)c2C)cs1. The van der Waals surface area contributed by atoms with Crippen LogP contribution in [-0.2, 0) is 22.4 Å². The van der Waals surface area contributed by atoms with Crippen molar-refractivity contribution in [2.75, 3.05) is 7.05 Å². The highest BCUT2D eigenvalue weighted by atomic mass is 35.5. The summed E-state index contributed by atoms with van der Waals surface area (Å²) in [4.78, 5) is 4.61. The Morgan fingerprint density at radius 3 is 2.62 bits per heavy atom. The summed E-state index contributed by atoms with van der Waals surface area (Å²) in [5, 5.41) is 2.81. The van der Waals surface area contributed by atoms with Gasteiger partial charge in [-0.2, -0.15) is 4.31 Å². The molecule has 0 bridgehead atoms. The Bertz CT molecular complexity index is 741. The molecule has 0 fully saturated rings. The lowest BCUT2D eigenvalue weighted by atomic mass is 10.1. The van der Waals surface area contributed by atoms with Gasteiger partial charge in [0.25, 0.3) is 0 Å². The van der Waals surface area contributed by atoms with Crippen LogP contribution in [0.3, 0.4) is 0 Å². The van der Waals surface area contributed by atoms with E-state index >= 15 is 0 Å². The molecule has 21 heavy (non-hydrogen) atoms. The van der Waals surface area contributed by atoms with E-state index in [4.69, 9.17) is 11.6 Å². The number of alkyl halides is 1. The number of aromatic nitrogens is 1. The van der Waals surface area contributed by atoms with Crippen LogP contribution in [0.1, 0.15) is 21.8 Å². The summed E-state index contributed by atoms with van der Waals surface area (Å²) in [6.07, 6.45) is 0. The number of benzene rings is 1. The summed E-state index contributed by atoms with van der Waals surface area (Å²) in [6, 6.07) is 5.17. The van der Waals surface area contributed by atoms with Crippen molar-refractivity contribution < 1.29 is 8.42 Å². The van der Waals surface area contributed by atoms with E-state index in [1.807, 2.05) is 18.4 Å². The van der Waals surface area contributed by atoms with E-state index in [2.05, 4.69) is 4.98 Å². The average Bonchev–Trinajstić information content (AvgIpc) is 2.84. The predicted molar refractivity (Wildman–Crippen MR) is 86.2 cm³/mol. The molecule has 0 saturated heterocycles. The fourth-order valence-corrected chi connectivity index (χ4v) is 4.35. The van der Waals surface area contributed by atoms with Gasteiger partial charge in [-0.25, -0.2) is 13.4 Å². The van der Waals surface area contributed by atoms with Gasteiger partial charge in [0.2, 0.25) is 10.0 Å². The first-order valence-electron chi connectivity index (χ1n) is 6.38. The molecule has 0 amide bonds. The van der Waals surface area contributed by atoms with E-state index in [0.29, 0.717) is 16.3 Å². The molecule has 0 atom stereocenters. The first-order valence-corrected chi connectivity index (χ1v) is 9.23. The first-order chi connectivity index (χ1) is 9.86. The summed E-state index contributed by atoms with van der Waals surface area (Å²) < 4.78 is 26.7. The van der Waals surface area contributed by atoms with Crippen molar-refractivity contribution in [1.82, 2.24) is 9.29 Å². The third kappa shape index (κ3) is 3.45. The van der Waals surface area contributed by atoms with Gasteiger partial charge in [0.15, 0.2) is 0 Å². The van der Waals surface area contributed by atoms with Crippen molar-refractivity contribution in [2.45, 2.75) is 31.2 Å². The van der Waals surface area contributed by atoms with E-state index < -0.39 is 10.0 Å². The molecule has 4 nitrogen and oxygen atoms in total. The lowest BCUT2D eigenvalue weighted by molar-refractivity contribution is 0.462. The average molecular weight is 345 g/mol. The summed E-state index contributed by atoms with van der Waals surface area (Å²) in [6.45, 7) is 3.94. The molecule has 2 rings (SSSR count). The molecule has 0 N–H and O–H groups in total. The molecule has 0 unspecified atom stereocenters. The van der Waals surface area contributed by atoms with Crippen LogP contribution in [0.4, 0.5) is 0 Å². The van der Waals surface area contributed by atoms with Crippen molar-refractivity contribution >= 4 is 33.0 Å². The standard InChI is InChI=1S/C14H17ClN2O2S2/c1-10-12(7-15)5-4-6-14(10)21(18,19)17(3)8-13-9-20-11(2)16-13/h4-6,9H,7-8H2,1-3H3. The number of thiazole rings is 1. The highest BCUT2D eigenvalue weighted by molar-refractivity contribution is 7.89. The smallest absolute Gasteiger partial charge is 0.243 e. The lowest BCUT2D eigenvalue weighted by Crippen LogP contribution is -2.27. The van der Waals surface area contributed by atoms with Crippen LogP contribution >= 0.6 is 22.9 Å². The van der Waals surface area contributed by atoms with Crippen LogP contribution in [0.2, 0.25) is 0 Å². The number of hydrogen-bond donors (Lipinski definition) is 0. The monoisotopic (exact) mass is 344 g/mol. The summed E-state index contributed by atoms with van der Waals surface area (Å²) in [5.41, 5.74) is 2.29. The van der Waals surface area contributed by atoms with Crippen LogP contribution in [-0.4, -0.2) is 24.8 Å². The van der Waals surface area contributed by atoms with Crippen molar-refractivity contribution in [1.29, 1.82) is 0 Å². The molecule has 1 aromatic heterocycles. The van der Waals surface area contributed by atoms with Crippen LogP contribution in [0.5, 0.6) is 0 Å². The molecule has 1 heterocycles. The van der Waals surface area contributed by atoms with Gasteiger partial charge in [0.05, 0.1) is 22.1 Å². The molecular weight excluding hydrogens is 328 g/mol. The second-order valence-electron chi connectivity index (χ2n) is 4.79. The number of hydrogen-bond acceptors (Lipinski definition) is 4. The topological polar surface area (TPSA) is 50.3 Å². The summed E-state index contributed by atoms with van der Waals surface area (Å²) >= 11 is 7.36. The maximum atomic E-state index is 12.7. The third-order valence-electron chi connectivity index (χ3n) is 3.28. The molecule has 114 valence electrons. The van der Waals surface area contributed by atoms with E-state index in [9.17, 15) is 8.42 Å².